The Labute approximate surface area is 173 Å². The summed E-state index contributed by atoms with van der Waals surface area (Å²) in [5.41, 5.74) is 1.55. The molecule has 2 aromatic carbocycles. The summed E-state index contributed by atoms with van der Waals surface area (Å²) in [4.78, 5) is 38.8. The highest BCUT2D eigenvalue weighted by atomic mass is 32.2. The maximum atomic E-state index is 12.9. The molecule has 2 aliphatic rings. The molecule has 0 radical (unpaired) electrons. The average molecular weight is 425 g/mol. The number of imide groups is 1. The molecule has 30 heavy (non-hydrogen) atoms. The standard InChI is InChI=1S/C21H19N3O5S/c1-13-7-10-18(19(25)22-13)24-20(26)16-9-8-15(11-17(16)21(24)27)23-30(28,29)12-14-5-3-2-4-6-14/h2-6,8-9,11,18,23H,1,7,10,12H2,(H,22,25). The van der Waals surface area contributed by atoms with Crippen molar-refractivity contribution in [1.29, 1.82) is 0 Å². The number of hydrogen-bond donors (Lipinski definition) is 2. The highest BCUT2D eigenvalue weighted by molar-refractivity contribution is 7.91. The maximum Gasteiger partial charge on any atom is 0.262 e. The number of fused-ring (bicyclic) bond motifs is 1. The SMILES string of the molecule is C=C1CCC(N2C(=O)c3ccc(NS(=O)(=O)Cc4ccccc4)cc3C2=O)C(=O)N1. The second kappa shape index (κ2) is 7.42. The summed E-state index contributed by atoms with van der Waals surface area (Å²) in [5, 5.41) is 2.57. The van der Waals surface area contributed by atoms with Gasteiger partial charge in [0.25, 0.3) is 11.8 Å². The van der Waals surface area contributed by atoms with E-state index in [-0.39, 0.29) is 22.6 Å². The number of benzene rings is 2. The van der Waals surface area contributed by atoms with Crippen molar-refractivity contribution < 1.29 is 22.8 Å². The van der Waals surface area contributed by atoms with Crippen molar-refractivity contribution in [3.8, 4) is 0 Å². The Hall–Kier alpha value is -3.46. The second-order valence-electron chi connectivity index (χ2n) is 7.23. The van der Waals surface area contributed by atoms with Gasteiger partial charge in [-0.2, -0.15) is 0 Å². The first-order chi connectivity index (χ1) is 14.2. The average Bonchev–Trinajstić information content (AvgIpc) is 2.92. The van der Waals surface area contributed by atoms with Crippen molar-refractivity contribution in [3.05, 3.63) is 77.5 Å². The van der Waals surface area contributed by atoms with Crippen LogP contribution in [0.3, 0.4) is 0 Å². The smallest absolute Gasteiger partial charge is 0.262 e. The summed E-state index contributed by atoms with van der Waals surface area (Å²) in [6.45, 7) is 3.69. The summed E-state index contributed by atoms with van der Waals surface area (Å²) < 4.78 is 27.4. The van der Waals surface area contributed by atoms with E-state index in [1.165, 1.54) is 18.2 Å². The first-order valence-corrected chi connectivity index (χ1v) is 11.0. The molecule has 3 amide bonds. The van der Waals surface area contributed by atoms with E-state index < -0.39 is 33.8 Å². The fourth-order valence-electron chi connectivity index (χ4n) is 3.62. The van der Waals surface area contributed by atoms with Gasteiger partial charge in [0, 0.05) is 11.4 Å². The van der Waals surface area contributed by atoms with Crippen molar-refractivity contribution in [1.82, 2.24) is 10.2 Å². The molecule has 1 atom stereocenters. The number of hydrogen-bond acceptors (Lipinski definition) is 5. The molecule has 0 saturated carbocycles. The van der Waals surface area contributed by atoms with E-state index in [0.29, 0.717) is 24.1 Å². The second-order valence-corrected chi connectivity index (χ2v) is 8.96. The zero-order valence-corrected chi connectivity index (χ0v) is 16.7. The van der Waals surface area contributed by atoms with Gasteiger partial charge in [-0.05, 0) is 36.6 Å². The lowest BCUT2D eigenvalue weighted by molar-refractivity contribution is -0.125. The molecular formula is C21H19N3O5S. The van der Waals surface area contributed by atoms with Gasteiger partial charge in [0.15, 0.2) is 0 Å². The number of allylic oxidation sites excluding steroid dienone is 1. The van der Waals surface area contributed by atoms with Gasteiger partial charge >= 0.3 is 0 Å². The number of rotatable bonds is 5. The molecule has 4 rings (SSSR count). The van der Waals surface area contributed by atoms with Crippen LogP contribution in [0.15, 0.2) is 60.8 Å². The van der Waals surface area contributed by atoms with Crippen LogP contribution in [0.1, 0.15) is 39.1 Å². The fourth-order valence-corrected chi connectivity index (χ4v) is 4.81. The van der Waals surface area contributed by atoms with Crippen molar-refractivity contribution >= 4 is 33.4 Å². The van der Waals surface area contributed by atoms with E-state index in [2.05, 4.69) is 16.6 Å². The monoisotopic (exact) mass is 425 g/mol. The fraction of sp³-hybridized carbons (Fsp3) is 0.190. The normalized spacial score (nSPS) is 18.9. The lowest BCUT2D eigenvalue weighted by Gasteiger charge is -2.29. The third-order valence-corrected chi connectivity index (χ3v) is 6.28. The minimum absolute atomic E-state index is 0.0668. The lowest BCUT2D eigenvalue weighted by atomic mass is 10.0. The molecule has 0 aliphatic carbocycles. The van der Waals surface area contributed by atoms with Gasteiger partial charge in [-0.15, -0.1) is 0 Å². The minimum Gasteiger partial charge on any atom is -0.329 e. The molecule has 8 nitrogen and oxygen atoms in total. The number of anilines is 1. The topological polar surface area (TPSA) is 113 Å². The molecule has 0 bridgehead atoms. The van der Waals surface area contributed by atoms with Crippen LogP contribution in [0.5, 0.6) is 0 Å². The van der Waals surface area contributed by atoms with Crippen molar-refractivity contribution in [2.45, 2.75) is 24.6 Å². The van der Waals surface area contributed by atoms with Gasteiger partial charge in [-0.1, -0.05) is 36.9 Å². The van der Waals surface area contributed by atoms with E-state index in [4.69, 9.17) is 0 Å². The largest absolute Gasteiger partial charge is 0.329 e. The van der Waals surface area contributed by atoms with Crippen LogP contribution < -0.4 is 10.0 Å². The third-order valence-electron chi connectivity index (χ3n) is 5.02. The number of sulfonamides is 1. The van der Waals surface area contributed by atoms with Crippen LogP contribution in [0, 0.1) is 0 Å². The van der Waals surface area contributed by atoms with Gasteiger partial charge in [-0.3, -0.25) is 24.0 Å². The summed E-state index contributed by atoms with van der Waals surface area (Å²) in [6.07, 6.45) is 0.765. The Kier molecular flexibility index (Phi) is 4.90. The Balaban J connectivity index is 1.56. The molecule has 154 valence electrons. The van der Waals surface area contributed by atoms with Gasteiger partial charge in [0.2, 0.25) is 15.9 Å². The number of nitrogens with zero attached hydrogens (tertiary/aromatic N) is 1. The molecule has 2 aromatic rings. The molecule has 1 unspecified atom stereocenters. The van der Waals surface area contributed by atoms with Crippen LogP contribution in [0.2, 0.25) is 0 Å². The first kappa shape index (κ1) is 19.8. The van der Waals surface area contributed by atoms with Gasteiger partial charge in [0.05, 0.1) is 16.9 Å². The lowest BCUT2D eigenvalue weighted by Crippen LogP contribution is -2.51. The van der Waals surface area contributed by atoms with Crippen molar-refractivity contribution in [2.24, 2.45) is 0 Å². The Morgan fingerprint density at radius 2 is 1.73 bits per heavy atom. The van der Waals surface area contributed by atoms with E-state index in [0.717, 1.165) is 4.90 Å². The predicted octanol–water partition coefficient (Wildman–Crippen LogP) is 2.02. The molecule has 1 fully saturated rings. The Morgan fingerprint density at radius 3 is 2.43 bits per heavy atom. The summed E-state index contributed by atoms with van der Waals surface area (Å²) in [7, 11) is -3.72. The zero-order chi connectivity index (χ0) is 21.5. The van der Waals surface area contributed by atoms with Crippen LogP contribution in [0.25, 0.3) is 0 Å². The number of nitrogens with one attached hydrogen (secondary N) is 2. The molecule has 2 aliphatic heterocycles. The van der Waals surface area contributed by atoms with Crippen LogP contribution in [-0.4, -0.2) is 37.1 Å². The predicted molar refractivity (Wildman–Crippen MR) is 110 cm³/mol. The maximum absolute atomic E-state index is 12.9. The zero-order valence-electron chi connectivity index (χ0n) is 15.9. The van der Waals surface area contributed by atoms with Gasteiger partial charge in [-0.25, -0.2) is 8.42 Å². The molecule has 0 spiro atoms. The van der Waals surface area contributed by atoms with Gasteiger partial charge < -0.3 is 5.32 Å². The van der Waals surface area contributed by atoms with Crippen LogP contribution in [-0.2, 0) is 20.6 Å². The Bertz CT molecular complexity index is 1170. The Morgan fingerprint density at radius 1 is 1.03 bits per heavy atom. The molecule has 9 heteroatoms. The van der Waals surface area contributed by atoms with E-state index in [1.807, 2.05) is 0 Å². The summed E-state index contributed by atoms with van der Waals surface area (Å²) in [5.74, 6) is -1.87. The number of carbonyl (C=O) groups is 3. The van der Waals surface area contributed by atoms with Gasteiger partial charge in [0.1, 0.15) is 6.04 Å². The van der Waals surface area contributed by atoms with Crippen molar-refractivity contribution in [3.63, 3.8) is 0 Å². The van der Waals surface area contributed by atoms with E-state index in [9.17, 15) is 22.8 Å². The molecule has 2 N–H and O–H groups in total. The van der Waals surface area contributed by atoms with Crippen molar-refractivity contribution in [2.75, 3.05) is 4.72 Å². The quantitative estimate of drug-likeness (QED) is 0.712. The summed E-state index contributed by atoms with van der Waals surface area (Å²) in [6, 6.07) is 11.9. The van der Waals surface area contributed by atoms with E-state index in [1.54, 1.807) is 30.3 Å². The molecule has 0 aromatic heterocycles. The van der Waals surface area contributed by atoms with E-state index >= 15 is 0 Å². The van der Waals surface area contributed by atoms with Crippen LogP contribution in [0.4, 0.5) is 5.69 Å². The van der Waals surface area contributed by atoms with Crippen LogP contribution >= 0.6 is 0 Å². The highest BCUT2D eigenvalue weighted by Gasteiger charge is 2.44. The molecule has 1 saturated heterocycles. The number of amides is 3. The minimum atomic E-state index is -3.72. The first-order valence-electron chi connectivity index (χ1n) is 9.30. The number of piperidine rings is 1. The summed E-state index contributed by atoms with van der Waals surface area (Å²) >= 11 is 0. The molecule has 2 heterocycles. The third kappa shape index (κ3) is 3.71. The number of carbonyl (C=O) groups excluding carboxylic acids is 3. The highest BCUT2D eigenvalue weighted by Crippen LogP contribution is 2.30. The molecular weight excluding hydrogens is 406 g/mol.